The van der Waals surface area contributed by atoms with E-state index in [2.05, 4.69) is 15.9 Å². The predicted molar refractivity (Wildman–Crippen MR) is 75.0 cm³/mol. The standard InChI is InChI=1S/C15H20BrFO/c1-15(18,12-7-3-2-4-8-12)10-11-6-5-9-13(17)14(11)16/h5-6,9,12,18H,2-4,7-8,10H2,1H3. The van der Waals surface area contributed by atoms with Gasteiger partial charge in [-0.2, -0.15) is 0 Å². The second kappa shape index (κ2) is 5.70. The molecule has 1 saturated carbocycles. The third-order valence-electron chi connectivity index (χ3n) is 4.06. The van der Waals surface area contributed by atoms with E-state index in [1.54, 1.807) is 6.07 Å². The van der Waals surface area contributed by atoms with Gasteiger partial charge in [0.05, 0.1) is 10.1 Å². The van der Waals surface area contributed by atoms with Gasteiger partial charge in [-0.3, -0.25) is 0 Å². The molecule has 0 spiro atoms. The van der Waals surface area contributed by atoms with E-state index in [1.807, 2.05) is 13.0 Å². The topological polar surface area (TPSA) is 20.2 Å². The van der Waals surface area contributed by atoms with Crippen LogP contribution in [0.4, 0.5) is 4.39 Å². The Morgan fingerprint density at radius 2 is 2.00 bits per heavy atom. The van der Waals surface area contributed by atoms with Crippen LogP contribution in [0.15, 0.2) is 22.7 Å². The van der Waals surface area contributed by atoms with Crippen LogP contribution in [-0.2, 0) is 6.42 Å². The van der Waals surface area contributed by atoms with Crippen LogP contribution in [-0.4, -0.2) is 10.7 Å². The van der Waals surface area contributed by atoms with Crippen molar-refractivity contribution in [3.63, 3.8) is 0 Å². The molecule has 0 radical (unpaired) electrons. The van der Waals surface area contributed by atoms with Crippen molar-refractivity contribution in [1.82, 2.24) is 0 Å². The van der Waals surface area contributed by atoms with Gasteiger partial charge in [-0.05, 0) is 53.2 Å². The first-order valence-electron chi connectivity index (χ1n) is 6.66. The van der Waals surface area contributed by atoms with E-state index >= 15 is 0 Å². The van der Waals surface area contributed by atoms with Gasteiger partial charge in [0.15, 0.2) is 0 Å². The number of aliphatic hydroxyl groups is 1. The van der Waals surface area contributed by atoms with Crippen LogP contribution < -0.4 is 0 Å². The number of rotatable bonds is 3. The van der Waals surface area contributed by atoms with Gasteiger partial charge < -0.3 is 5.11 Å². The van der Waals surface area contributed by atoms with E-state index in [1.165, 1.54) is 25.3 Å². The molecule has 0 heterocycles. The van der Waals surface area contributed by atoms with Crippen LogP contribution in [0, 0.1) is 11.7 Å². The van der Waals surface area contributed by atoms with Crippen molar-refractivity contribution in [1.29, 1.82) is 0 Å². The van der Waals surface area contributed by atoms with Gasteiger partial charge in [0.2, 0.25) is 0 Å². The lowest BCUT2D eigenvalue weighted by Crippen LogP contribution is -2.38. The van der Waals surface area contributed by atoms with E-state index < -0.39 is 5.60 Å². The van der Waals surface area contributed by atoms with Gasteiger partial charge in [-0.25, -0.2) is 4.39 Å². The largest absolute Gasteiger partial charge is 0.390 e. The van der Waals surface area contributed by atoms with E-state index in [4.69, 9.17) is 0 Å². The van der Waals surface area contributed by atoms with Gasteiger partial charge in [0.25, 0.3) is 0 Å². The summed E-state index contributed by atoms with van der Waals surface area (Å²) in [5.41, 5.74) is 0.113. The highest BCUT2D eigenvalue weighted by Crippen LogP contribution is 2.36. The molecule has 100 valence electrons. The van der Waals surface area contributed by atoms with Gasteiger partial charge in [0.1, 0.15) is 5.82 Å². The quantitative estimate of drug-likeness (QED) is 0.873. The molecule has 1 unspecified atom stereocenters. The van der Waals surface area contributed by atoms with Crippen molar-refractivity contribution >= 4 is 15.9 Å². The SMILES string of the molecule is CC(O)(Cc1cccc(F)c1Br)C1CCCCC1. The fourth-order valence-electron chi connectivity index (χ4n) is 2.94. The summed E-state index contributed by atoms with van der Waals surface area (Å²) in [4.78, 5) is 0. The van der Waals surface area contributed by atoms with Crippen molar-refractivity contribution in [2.45, 2.75) is 51.0 Å². The number of benzene rings is 1. The van der Waals surface area contributed by atoms with Crippen molar-refractivity contribution in [2.75, 3.05) is 0 Å². The average molecular weight is 315 g/mol. The third-order valence-corrected chi connectivity index (χ3v) is 4.95. The Balaban J connectivity index is 2.13. The molecule has 1 nitrogen and oxygen atoms in total. The maximum absolute atomic E-state index is 13.5. The Bertz CT molecular complexity index is 411. The zero-order valence-electron chi connectivity index (χ0n) is 10.8. The third kappa shape index (κ3) is 3.12. The molecule has 0 amide bonds. The lowest BCUT2D eigenvalue weighted by Gasteiger charge is -2.36. The first-order valence-corrected chi connectivity index (χ1v) is 7.45. The maximum Gasteiger partial charge on any atom is 0.137 e. The molecule has 1 aromatic rings. The molecule has 1 fully saturated rings. The Hall–Kier alpha value is -0.410. The minimum absolute atomic E-state index is 0.257. The molecule has 1 aliphatic carbocycles. The lowest BCUT2D eigenvalue weighted by atomic mass is 9.75. The summed E-state index contributed by atoms with van der Waals surface area (Å²) in [6.45, 7) is 1.89. The zero-order chi connectivity index (χ0) is 13.2. The van der Waals surface area contributed by atoms with Crippen LogP contribution in [0.1, 0.15) is 44.6 Å². The molecule has 1 atom stereocenters. The molecule has 2 rings (SSSR count). The second-order valence-electron chi connectivity index (χ2n) is 5.58. The number of halogens is 2. The number of hydrogen-bond donors (Lipinski definition) is 1. The highest BCUT2D eigenvalue weighted by Gasteiger charge is 2.33. The van der Waals surface area contributed by atoms with Gasteiger partial charge in [-0.1, -0.05) is 31.4 Å². The fraction of sp³-hybridized carbons (Fsp3) is 0.600. The van der Waals surface area contributed by atoms with Crippen LogP contribution >= 0.6 is 15.9 Å². The monoisotopic (exact) mass is 314 g/mol. The van der Waals surface area contributed by atoms with Crippen molar-refractivity contribution in [2.24, 2.45) is 5.92 Å². The average Bonchev–Trinajstić information content (AvgIpc) is 2.36. The summed E-state index contributed by atoms with van der Waals surface area (Å²) in [7, 11) is 0. The van der Waals surface area contributed by atoms with Crippen LogP contribution in [0.25, 0.3) is 0 Å². The molecule has 1 N–H and O–H groups in total. The lowest BCUT2D eigenvalue weighted by molar-refractivity contribution is -0.0161. The Morgan fingerprint density at radius 1 is 1.33 bits per heavy atom. The molecule has 0 aromatic heterocycles. The van der Waals surface area contributed by atoms with Gasteiger partial charge >= 0.3 is 0 Å². The van der Waals surface area contributed by atoms with Crippen LogP contribution in [0.2, 0.25) is 0 Å². The molecule has 1 aromatic carbocycles. The Kier molecular flexibility index (Phi) is 4.44. The summed E-state index contributed by atoms with van der Waals surface area (Å²) in [6.07, 6.45) is 6.35. The molecule has 0 bridgehead atoms. The van der Waals surface area contributed by atoms with Gasteiger partial charge in [-0.15, -0.1) is 0 Å². The highest BCUT2D eigenvalue weighted by atomic mass is 79.9. The summed E-state index contributed by atoms with van der Waals surface area (Å²) < 4.78 is 14.0. The van der Waals surface area contributed by atoms with E-state index in [0.717, 1.165) is 18.4 Å². The van der Waals surface area contributed by atoms with E-state index in [-0.39, 0.29) is 5.82 Å². The second-order valence-corrected chi connectivity index (χ2v) is 6.37. The molecular formula is C15H20BrFO. The summed E-state index contributed by atoms with van der Waals surface area (Å²) >= 11 is 3.27. The predicted octanol–water partition coefficient (Wildman–Crippen LogP) is 4.46. The molecular weight excluding hydrogens is 295 g/mol. The normalized spacial score (nSPS) is 20.7. The molecule has 0 aliphatic heterocycles. The zero-order valence-corrected chi connectivity index (χ0v) is 12.3. The smallest absolute Gasteiger partial charge is 0.137 e. The Labute approximate surface area is 117 Å². The van der Waals surface area contributed by atoms with Crippen molar-refractivity contribution < 1.29 is 9.50 Å². The highest BCUT2D eigenvalue weighted by molar-refractivity contribution is 9.10. The fourth-order valence-corrected chi connectivity index (χ4v) is 3.34. The molecule has 0 saturated heterocycles. The van der Waals surface area contributed by atoms with Crippen LogP contribution in [0.5, 0.6) is 0 Å². The summed E-state index contributed by atoms with van der Waals surface area (Å²) in [5, 5.41) is 10.7. The minimum Gasteiger partial charge on any atom is -0.390 e. The molecule has 3 heteroatoms. The first-order chi connectivity index (χ1) is 8.50. The maximum atomic E-state index is 13.5. The Morgan fingerprint density at radius 3 is 2.67 bits per heavy atom. The number of hydrogen-bond acceptors (Lipinski definition) is 1. The summed E-state index contributed by atoms with van der Waals surface area (Å²) in [5.74, 6) is 0.0772. The van der Waals surface area contributed by atoms with Crippen molar-refractivity contribution in [3.05, 3.63) is 34.1 Å². The van der Waals surface area contributed by atoms with Crippen molar-refractivity contribution in [3.8, 4) is 0 Å². The summed E-state index contributed by atoms with van der Waals surface area (Å²) in [6, 6.07) is 5.01. The van der Waals surface area contributed by atoms with E-state index in [9.17, 15) is 9.50 Å². The first kappa shape index (κ1) is 14.0. The van der Waals surface area contributed by atoms with Gasteiger partial charge in [0, 0.05) is 6.42 Å². The molecule has 18 heavy (non-hydrogen) atoms. The minimum atomic E-state index is -0.739. The molecule has 1 aliphatic rings. The van der Waals surface area contributed by atoms with Crippen LogP contribution in [0.3, 0.4) is 0 Å². The van der Waals surface area contributed by atoms with E-state index in [0.29, 0.717) is 16.8 Å².